The number of amides is 1. The van der Waals surface area contributed by atoms with Crippen molar-refractivity contribution in [2.75, 3.05) is 13.1 Å². The molecule has 0 saturated heterocycles. The average Bonchev–Trinajstić information content (AvgIpc) is 3.71. The van der Waals surface area contributed by atoms with Gasteiger partial charge in [0.05, 0.1) is 24.5 Å². The highest BCUT2D eigenvalue weighted by Gasteiger charge is 2.74. The minimum absolute atomic E-state index is 0.0166. The molecule has 7 nitrogen and oxygen atoms in total. The molecule has 9 rings (SSSR count). The van der Waals surface area contributed by atoms with Crippen molar-refractivity contribution in [1.82, 2.24) is 4.90 Å². The zero-order valence-corrected chi connectivity index (χ0v) is 28.3. The first-order valence-electron chi connectivity index (χ1n) is 17.9. The van der Waals surface area contributed by atoms with Crippen molar-refractivity contribution in [3.05, 3.63) is 90.4 Å². The van der Waals surface area contributed by atoms with Crippen LogP contribution < -0.4 is 4.74 Å². The summed E-state index contributed by atoms with van der Waals surface area (Å²) in [7, 11) is 0. The third kappa shape index (κ3) is 4.25. The standard InChI is InChI=1S/C41H47NO6/c1-4-21-42(36(45)48-30-12-11-27-8-5-6-9-28(27)23-30)26-40(46)18-15-34-38(40,3)17-14-33-37(2)16-13-29(43)24-39(37)19-20-41(33,34)31(25-39)35(44)32-10-7-22-47-32/h5-12,19-20,22-23,25,29,33-34,43,46H,4,13-18,21,24,26H2,1-3H3/t29?,33-,34-,37-,38+,39+,40-,41-/m1/s1. The zero-order valence-electron chi connectivity index (χ0n) is 28.3. The second-order valence-corrected chi connectivity index (χ2v) is 15.9. The van der Waals surface area contributed by atoms with Crippen LogP contribution in [-0.2, 0) is 0 Å². The summed E-state index contributed by atoms with van der Waals surface area (Å²) >= 11 is 0. The van der Waals surface area contributed by atoms with E-state index in [-0.39, 0.29) is 29.6 Å². The Labute approximate surface area is 282 Å². The van der Waals surface area contributed by atoms with Crippen molar-refractivity contribution < 1.29 is 29.0 Å². The quantitative estimate of drug-likeness (QED) is 0.198. The van der Waals surface area contributed by atoms with E-state index in [1.807, 2.05) is 49.4 Å². The Morgan fingerprint density at radius 1 is 0.938 bits per heavy atom. The van der Waals surface area contributed by atoms with Gasteiger partial charge in [-0.15, -0.1) is 0 Å². The molecule has 8 atom stereocenters. The molecule has 3 aromatic rings. The Kier molecular flexibility index (Phi) is 7.18. The van der Waals surface area contributed by atoms with Gasteiger partial charge in [0.1, 0.15) is 5.75 Å². The van der Waals surface area contributed by atoms with Gasteiger partial charge in [0.15, 0.2) is 5.76 Å². The van der Waals surface area contributed by atoms with Crippen LogP contribution in [0.2, 0.25) is 0 Å². The van der Waals surface area contributed by atoms with Gasteiger partial charge in [-0.1, -0.05) is 69.3 Å². The van der Waals surface area contributed by atoms with Crippen LogP contribution in [0.5, 0.6) is 5.75 Å². The maximum Gasteiger partial charge on any atom is 0.415 e. The number of allylic oxidation sites excluding steroid dienone is 4. The SMILES string of the molecule is CCCN(C[C@]1(O)CC[C@H]2[C@]34C=C[C@@]5(C=C3C(=O)c3ccco3)CC(O)CC[C@]5(C)[C@H]4CC[C@@]21C)C(=O)Oc1ccc2ccccc2c1. The summed E-state index contributed by atoms with van der Waals surface area (Å²) in [4.78, 5) is 29.9. The number of benzene rings is 2. The predicted octanol–water partition coefficient (Wildman–Crippen LogP) is 8.12. The van der Waals surface area contributed by atoms with Crippen LogP contribution in [-0.4, -0.2) is 51.8 Å². The zero-order chi connectivity index (χ0) is 33.5. The number of aliphatic hydroxyl groups excluding tert-OH is 1. The van der Waals surface area contributed by atoms with E-state index in [4.69, 9.17) is 9.15 Å². The smallest absolute Gasteiger partial charge is 0.415 e. The monoisotopic (exact) mass is 649 g/mol. The van der Waals surface area contributed by atoms with Gasteiger partial charge in [0.25, 0.3) is 0 Å². The van der Waals surface area contributed by atoms with E-state index in [0.29, 0.717) is 30.9 Å². The molecular formula is C41H47NO6. The topological polar surface area (TPSA) is 100 Å². The molecule has 0 aliphatic heterocycles. The summed E-state index contributed by atoms with van der Waals surface area (Å²) in [6.07, 6.45) is 13.4. The number of carbonyl (C=O) groups is 2. The summed E-state index contributed by atoms with van der Waals surface area (Å²) in [5, 5.41) is 25.8. The molecule has 3 saturated carbocycles. The third-order valence-electron chi connectivity index (χ3n) is 13.8. The fourth-order valence-corrected chi connectivity index (χ4v) is 11.4. The Bertz CT molecular complexity index is 1830. The van der Waals surface area contributed by atoms with E-state index < -0.39 is 34.0 Å². The van der Waals surface area contributed by atoms with Crippen LogP contribution in [0.3, 0.4) is 0 Å². The van der Waals surface area contributed by atoms with E-state index in [2.05, 4.69) is 32.1 Å². The molecule has 2 spiro atoms. The lowest BCUT2D eigenvalue weighted by molar-refractivity contribution is -0.175. The molecule has 7 heteroatoms. The molecule has 48 heavy (non-hydrogen) atoms. The molecule has 6 aliphatic rings. The molecule has 2 N–H and O–H groups in total. The highest BCUT2D eigenvalue weighted by Crippen LogP contribution is 2.78. The first-order valence-corrected chi connectivity index (χ1v) is 17.9. The first kappa shape index (κ1) is 31.6. The maximum absolute atomic E-state index is 14.4. The summed E-state index contributed by atoms with van der Waals surface area (Å²) in [5.41, 5.74) is -2.07. The maximum atomic E-state index is 14.4. The lowest BCUT2D eigenvalue weighted by atomic mass is 9.32. The van der Waals surface area contributed by atoms with Crippen molar-refractivity contribution in [3.63, 3.8) is 0 Å². The number of ether oxygens (including phenoxy) is 1. The summed E-state index contributed by atoms with van der Waals surface area (Å²) in [5.74, 6) is 0.887. The van der Waals surface area contributed by atoms with Gasteiger partial charge in [-0.25, -0.2) is 4.79 Å². The molecule has 0 radical (unpaired) electrons. The lowest BCUT2D eigenvalue weighted by Crippen LogP contribution is -2.67. The number of fused-ring (bicyclic) bond motifs is 2. The largest absolute Gasteiger partial charge is 0.461 e. The number of aliphatic hydroxyl groups is 2. The molecule has 1 heterocycles. The molecule has 252 valence electrons. The van der Waals surface area contributed by atoms with Gasteiger partial charge in [-0.3, -0.25) is 4.79 Å². The van der Waals surface area contributed by atoms with Crippen molar-refractivity contribution in [2.45, 2.75) is 83.8 Å². The minimum Gasteiger partial charge on any atom is -0.461 e. The van der Waals surface area contributed by atoms with E-state index in [1.54, 1.807) is 23.3 Å². The molecule has 6 aliphatic carbocycles. The van der Waals surface area contributed by atoms with E-state index in [1.165, 1.54) is 0 Å². The number of hydrogen-bond donors (Lipinski definition) is 2. The number of ketones is 1. The highest BCUT2D eigenvalue weighted by molar-refractivity contribution is 6.08. The van der Waals surface area contributed by atoms with Crippen LogP contribution in [0.4, 0.5) is 4.79 Å². The van der Waals surface area contributed by atoms with Crippen molar-refractivity contribution in [1.29, 1.82) is 0 Å². The van der Waals surface area contributed by atoms with E-state index in [0.717, 1.165) is 54.9 Å². The number of nitrogens with zero attached hydrogens (tertiary/aromatic N) is 1. The molecule has 1 aromatic heterocycles. The summed E-state index contributed by atoms with van der Waals surface area (Å²) in [6.45, 7) is 7.24. The van der Waals surface area contributed by atoms with Crippen molar-refractivity contribution >= 4 is 22.6 Å². The van der Waals surface area contributed by atoms with Gasteiger partial charge in [-0.05, 0) is 104 Å². The molecule has 2 bridgehead atoms. The Morgan fingerprint density at radius 2 is 1.69 bits per heavy atom. The average molecular weight is 650 g/mol. The number of carbonyl (C=O) groups excluding carboxylic acids is 2. The Hall–Kier alpha value is -3.68. The predicted molar refractivity (Wildman–Crippen MR) is 183 cm³/mol. The first-order chi connectivity index (χ1) is 23.0. The number of furan rings is 1. The second kappa shape index (κ2) is 10.9. The Morgan fingerprint density at radius 3 is 2.46 bits per heavy atom. The van der Waals surface area contributed by atoms with Crippen LogP contribution >= 0.6 is 0 Å². The fraction of sp³-hybridized carbons (Fsp3) is 0.512. The summed E-state index contributed by atoms with van der Waals surface area (Å²) < 4.78 is 11.6. The van der Waals surface area contributed by atoms with Crippen molar-refractivity contribution in [3.8, 4) is 5.75 Å². The third-order valence-corrected chi connectivity index (χ3v) is 13.8. The highest BCUT2D eigenvalue weighted by atomic mass is 16.6. The van der Waals surface area contributed by atoms with Gasteiger partial charge in [0.2, 0.25) is 5.78 Å². The molecule has 1 unspecified atom stereocenters. The van der Waals surface area contributed by atoms with Gasteiger partial charge in [-0.2, -0.15) is 0 Å². The summed E-state index contributed by atoms with van der Waals surface area (Å²) in [6, 6.07) is 17.1. The number of hydrogen-bond acceptors (Lipinski definition) is 6. The van der Waals surface area contributed by atoms with Gasteiger partial charge >= 0.3 is 6.09 Å². The number of rotatable bonds is 7. The molecule has 3 fully saturated rings. The van der Waals surface area contributed by atoms with Crippen LogP contribution in [0, 0.1) is 33.5 Å². The van der Waals surface area contributed by atoms with E-state index in [9.17, 15) is 19.8 Å². The Balaban J connectivity index is 1.14. The van der Waals surface area contributed by atoms with Crippen LogP contribution in [0.15, 0.2) is 89.1 Å². The van der Waals surface area contributed by atoms with Gasteiger partial charge in [0, 0.05) is 28.4 Å². The molecular weight excluding hydrogens is 602 g/mol. The molecule has 1 amide bonds. The van der Waals surface area contributed by atoms with E-state index >= 15 is 0 Å². The van der Waals surface area contributed by atoms with Crippen LogP contribution in [0.1, 0.15) is 82.7 Å². The second-order valence-electron chi connectivity index (χ2n) is 15.9. The van der Waals surface area contributed by atoms with Crippen LogP contribution in [0.25, 0.3) is 10.8 Å². The normalized spacial score (nSPS) is 37.8. The van der Waals surface area contributed by atoms with Gasteiger partial charge < -0.3 is 24.3 Å². The van der Waals surface area contributed by atoms with Crippen molar-refractivity contribution in [2.24, 2.45) is 33.5 Å². The number of Topliss-reactive ketones (excluding diaryl/α,β-unsaturated/α-hetero) is 1. The fourth-order valence-electron chi connectivity index (χ4n) is 11.4. The lowest BCUT2D eigenvalue weighted by Gasteiger charge is -2.71. The molecule has 2 aromatic carbocycles. The minimum atomic E-state index is -1.17.